The minimum absolute atomic E-state index is 0.273. The van der Waals surface area contributed by atoms with Crippen molar-refractivity contribution < 1.29 is 4.39 Å². The number of hydrogen-bond donors (Lipinski definition) is 2. The Morgan fingerprint density at radius 1 is 1.28 bits per heavy atom. The highest BCUT2D eigenvalue weighted by molar-refractivity contribution is 5.74. The molecule has 0 atom stereocenters. The highest BCUT2D eigenvalue weighted by Gasteiger charge is 2.20. The molecule has 0 fully saturated rings. The van der Waals surface area contributed by atoms with E-state index in [1.54, 1.807) is 27.7 Å². The largest absolute Gasteiger partial charge is 0.352 e. The second-order valence-corrected chi connectivity index (χ2v) is 7.86. The summed E-state index contributed by atoms with van der Waals surface area (Å²) in [5, 5.41) is 7.78. The number of halogens is 1. The van der Waals surface area contributed by atoms with Crippen LogP contribution in [-0.4, -0.2) is 29.3 Å². The monoisotopic (exact) mass is 395 g/mol. The SMILES string of the molecule is Cc1nccn1-c1ccc(CNc2nc3c(cnn3C(C)(C)C)c(=O)[nH]2)cc1F. The quantitative estimate of drug-likeness (QED) is 0.554. The van der Waals surface area contributed by atoms with Gasteiger partial charge in [-0.15, -0.1) is 0 Å². The van der Waals surface area contributed by atoms with Crippen LogP contribution in [0.4, 0.5) is 10.3 Å². The average Bonchev–Trinajstić information content (AvgIpc) is 3.26. The average molecular weight is 395 g/mol. The number of imidazole rings is 1. The summed E-state index contributed by atoms with van der Waals surface area (Å²) in [7, 11) is 0. The van der Waals surface area contributed by atoms with Crippen LogP contribution in [0, 0.1) is 12.7 Å². The predicted molar refractivity (Wildman–Crippen MR) is 109 cm³/mol. The van der Waals surface area contributed by atoms with Crippen molar-refractivity contribution in [2.75, 3.05) is 5.32 Å². The second kappa shape index (κ2) is 6.84. The van der Waals surface area contributed by atoms with Crippen molar-refractivity contribution in [3.63, 3.8) is 0 Å². The van der Waals surface area contributed by atoms with E-state index >= 15 is 0 Å². The molecule has 0 aliphatic carbocycles. The summed E-state index contributed by atoms with van der Waals surface area (Å²) in [6, 6.07) is 4.98. The fourth-order valence-electron chi connectivity index (χ4n) is 3.17. The van der Waals surface area contributed by atoms with Gasteiger partial charge in [-0.05, 0) is 45.4 Å². The normalized spacial score (nSPS) is 11.9. The zero-order valence-electron chi connectivity index (χ0n) is 16.7. The summed E-state index contributed by atoms with van der Waals surface area (Å²) >= 11 is 0. The highest BCUT2D eigenvalue weighted by atomic mass is 19.1. The molecule has 4 aromatic rings. The highest BCUT2D eigenvalue weighted by Crippen LogP contribution is 2.20. The van der Waals surface area contributed by atoms with Crippen molar-refractivity contribution in [1.82, 2.24) is 29.3 Å². The van der Waals surface area contributed by atoms with E-state index in [1.165, 1.54) is 12.3 Å². The lowest BCUT2D eigenvalue weighted by Crippen LogP contribution is -2.24. The zero-order valence-corrected chi connectivity index (χ0v) is 16.7. The maximum atomic E-state index is 14.6. The molecule has 0 spiro atoms. The number of hydrogen-bond acceptors (Lipinski definition) is 5. The zero-order chi connectivity index (χ0) is 20.8. The summed E-state index contributed by atoms with van der Waals surface area (Å²) in [5.41, 5.74) is 1.07. The van der Waals surface area contributed by atoms with Gasteiger partial charge in [-0.1, -0.05) is 6.07 Å². The van der Waals surface area contributed by atoms with Gasteiger partial charge in [0.05, 0.1) is 17.4 Å². The first kappa shape index (κ1) is 18.9. The predicted octanol–water partition coefficient (Wildman–Crippen LogP) is 3.12. The van der Waals surface area contributed by atoms with Crippen molar-refractivity contribution >= 4 is 17.0 Å². The van der Waals surface area contributed by atoms with Crippen LogP contribution in [0.5, 0.6) is 0 Å². The van der Waals surface area contributed by atoms with Crippen molar-refractivity contribution in [2.24, 2.45) is 0 Å². The number of fused-ring (bicyclic) bond motifs is 1. The smallest absolute Gasteiger partial charge is 0.263 e. The molecule has 3 heterocycles. The molecule has 0 unspecified atom stereocenters. The van der Waals surface area contributed by atoms with Gasteiger partial charge in [-0.25, -0.2) is 14.1 Å². The van der Waals surface area contributed by atoms with E-state index in [1.807, 2.05) is 33.8 Å². The third-order valence-corrected chi connectivity index (χ3v) is 4.63. The molecule has 9 heteroatoms. The van der Waals surface area contributed by atoms with Gasteiger partial charge in [-0.2, -0.15) is 10.1 Å². The molecule has 0 aliphatic heterocycles. The fourth-order valence-corrected chi connectivity index (χ4v) is 3.17. The number of benzene rings is 1. The Kier molecular flexibility index (Phi) is 4.45. The Labute approximate surface area is 166 Å². The van der Waals surface area contributed by atoms with E-state index in [-0.39, 0.29) is 16.9 Å². The molecule has 0 saturated heterocycles. The molecule has 0 radical (unpaired) electrons. The fraction of sp³-hybridized carbons (Fsp3) is 0.300. The van der Waals surface area contributed by atoms with Gasteiger partial charge in [0.15, 0.2) is 5.65 Å². The van der Waals surface area contributed by atoms with Crippen LogP contribution in [0.3, 0.4) is 0 Å². The number of aryl methyl sites for hydroxylation is 1. The molecule has 0 aliphatic rings. The third kappa shape index (κ3) is 3.51. The molecule has 0 saturated carbocycles. The first-order valence-corrected chi connectivity index (χ1v) is 9.25. The number of H-pyrrole nitrogens is 1. The molecule has 150 valence electrons. The molecule has 8 nitrogen and oxygen atoms in total. The van der Waals surface area contributed by atoms with E-state index in [4.69, 9.17) is 0 Å². The maximum absolute atomic E-state index is 14.6. The number of nitrogens with one attached hydrogen (secondary N) is 2. The molecule has 1 aromatic carbocycles. The summed E-state index contributed by atoms with van der Waals surface area (Å²) in [6.45, 7) is 8.08. The Morgan fingerprint density at radius 2 is 2.07 bits per heavy atom. The van der Waals surface area contributed by atoms with Gasteiger partial charge in [0.1, 0.15) is 17.0 Å². The number of aromatic nitrogens is 6. The molecule has 0 amide bonds. The van der Waals surface area contributed by atoms with E-state index in [9.17, 15) is 9.18 Å². The van der Waals surface area contributed by atoms with Crippen LogP contribution < -0.4 is 10.9 Å². The van der Waals surface area contributed by atoms with Crippen molar-refractivity contribution in [3.05, 3.63) is 64.3 Å². The molecule has 3 aromatic heterocycles. The summed E-state index contributed by atoms with van der Waals surface area (Å²) in [4.78, 5) is 23.7. The van der Waals surface area contributed by atoms with Crippen molar-refractivity contribution in [3.8, 4) is 5.69 Å². The van der Waals surface area contributed by atoms with Crippen molar-refractivity contribution in [1.29, 1.82) is 0 Å². The summed E-state index contributed by atoms with van der Waals surface area (Å²) in [6.07, 6.45) is 4.86. The van der Waals surface area contributed by atoms with Crippen LogP contribution in [-0.2, 0) is 12.1 Å². The van der Waals surface area contributed by atoms with Gasteiger partial charge in [-0.3, -0.25) is 9.78 Å². The Balaban J connectivity index is 1.59. The van der Waals surface area contributed by atoms with Gasteiger partial charge in [0.2, 0.25) is 5.95 Å². The molecular weight excluding hydrogens is 373 g/mol. The van der Waals surface area contributed by atoms with Crippen LogP contribution in [0.25, 0.3) is 16.7 Å². The van der Waals surface area contributed by atoms with Crippen LogP contribution in [0.15, 0.2) is 41.6 Å². The topological polar surface area (TPSA) is 93.4 Å². The lowest BCUT2D eigenvalue weighted by molar-refractivity contribution is 0.366. The summed E-state index contributed by atoms with van der Waals surface area (Å²) in [5.74, 6) is 0.664. The molecule has 0 bridgehead atoms. The second-order valence-electron chi connectivity index (χ2n) is 7.86. The number of nitrogens with zero attached hydrogens (tertiary/aromatic N) is 5. The van der Waals surface area contributed by atoms with Crippen LogP contribution in [0.2, 0.25) is 0 Å². The van der Waals surface area contributed by atoms with E-state index in [2.05, 4.69) is 25.4 Å². The standard InChI is InChI=1S/C20H22FN7O/c1-12-22-7-8-27(12)16-6-5-13(9-15(16)21)10-23-19-25-17-14(18(29)26-19)11-24-28(17)20(2,3)4/h5-9,11H,10H2,1-4H3,(H2,23,25,26,29). The first-order valence-electron chi connectivity index (χ1n) is 9.25. The lowest BCUT2D eigenvalue weighted by Gasteiger charge is -2.19. The molecular formula is C20H22FN7O. The van der Waals surface area contributed by atoms with Gasteiger partial charge in [0, 0.05) is 18.9 Å². The number of aromatic amines is 1. The molecule has 29 heavy (non-hydrogen) atoms. The minimum Gasteiger partial charge on any atom is -0.352 e. The maximum Gasteiger partial charge on any atom is 0.263 e. The van der Waals surface area contributed by atoms with E-state index < -0.39 is 0 Å². The molecule has 2 N–H and O–H groups in total. The minimum atomic E-state index is -0.354. The van der Waals surface area contributed by atoms with Crippen LogP contribution in [0.1, 0.15) is 32.2 Å². The first-order chi connectivity index (χ1) is 13.7. The molecule has 4 rings (SSSR count). The van der Waals surface area contributed by atoms with E-state index in [0.29, 0.717) is 35.0 Å². The number of rotatable bonds is 4. The Bertz CT molecular complexity index is 1250. The Morgan fingerprint density at radius 3 is 2.72 bits per heavy atom. The number of anilines is 1. The lowest BCUT2D eigenvalue weighted by atomic mass is 10.1. The Hall–Kier alpha value is -3.49. The van der Waals surface area contributed by atoms with Crippen molar-refractivity contribution in [2.45, 2.75) is 39.8 Å². The summed E-state index contributed by atoms with van der Waals surface area (Å²) < 4.78 is 18.0. The third-order valence-electron chi connectivity index (χ3n) is 4.63. The van der Waals surface area contributed by atoms with Crippen LogP contribution >= 0.6 is 0 Å². The van der Waals surface area contributed by atoms with Gasteiger partial charge < -0.3 is 9.88 Å². The van der Waals surface area contributed by atoms with Gasteiger partial charge in [0.25, 0.3) is 5.56 Å². The van der Waals surface area contributed by atoms with Gasteiger partial charge >= 0.3 is 0 Å². The van der Waals surface area contributed by atoms with E-state index in [0.717, 1.165) is 5.56 Å².